The first-order chi connectivity index (χ1) is 8.26. The Morgan fingerprint density at radius 3 is 3.00 bits per heavy atom. The van der Waals surface area contributed by atoms with Crippen LogP contribution in [0.2, 0.25) is 0 Å². The smallest absolute Gasteiger partial charge is 0.186 e. The number of ketones is 1. The van der Waals surface area contributed by atoms with Crippen LogP contribution in [0.3, 0.4) is 0 Å². The zero-order valence-electron chi connectivity index (χ0n) is 10.6. The third kappa shape index (κ3) is 2.57. The van der Waals surface area contributed by atoms with Crippen LogP contribution in [0.25, 0.3) is 0 Å². The molecule has 2 rings (SSSR count). The molecule has 0 N–H and O–H groups in total. The van der Waals surface area contributed by atoms with Crippen LogP contribution in [0.4, 0.5) is 0 Å². The lowest BCUT2D eigenvalue weighted by Crippen LogP contribution is -2.27. The molecule has 17 heavy (non-hydrogen) atoms. The number of carbonyl (C=O) groups is 1. The number of nitrogens with zero attached hydrogens (tertiary/aromatic N) is 2. The van der Waals surface area contributed by atoms with Crippen molar-refractivity contribution in [3.05, 3.63) is 17.5 Å². The second-order valence-corrected chi connectivity index (χ2v) is 4.47. The van der Waals surface area contributed by atoms with Gasteiger partial charge in [0.2, 0.25) is 0 Å². The van der Waals surface area contributed by atoms with Gasteiger partial charge in [-0.15, -0.1) is 0 Å². The third-order valence-corrected chi connectivity index (χ3v) is 3.28. The van der Waals surface area contributed by atoms with Crippen molar-refractivity contribution in [3.63, 3.8) is 0 Å². The highest BCUT2D eigenvalue weighted by Gasteiger charge is 2.25. The molecule has 0 amide bonds. The van der Waals surface area contributed by atoms with Crippen LogP contribution >= 0.6 is 0 Å². The number of ether oxygens (including phenoxy) is 1. The molecule has 0 radical (unpaired) electrons. The summed E-state index contributed by atoms with van der Waals surface area (Å²) in [5.41, 5.74) is 1.74. The molecule has 1 atom stereocenters. The fourth-order valence-corrected chi connectivity index (χ4v) is 2.24. The number of Topliss-reactive ketones (excluding diaryl/α,β-unsaturated/α-hetero) is 1. The van der Waals surface area contributed by atoms with Crippen molar-refractivity contribution >= 4 is 5.78 Å². The van der Waals surface area contributed by atoms with Crippen molar-refractivity contribution in [2.45, 2.75) is 39.7 Å². The fourth-order valence-electron chi connectivity index (χ4n) is 2.24. The van der Waals surface area contributed by atoms with E-state index in [9.17, 15) is 4.79 Å². The molecule has 1 aliphatic heterocycles. The molecular weight excluding hydrogens is 216 g/mol. The molecule has 0 saturated carbocycles. The standard InChI is InChI=1S/C13H20N2O2/c1-3-11-8-12(15(4-2)14-11)13(16)10-6-5-7-17-9-10/h8,10H,3-7,9H2,1-2H3. The quantitative estimate of drug-likeness (QED) is 0.752. The van der Waals surface area contributed by atoms with Gasteiger partial charge < -0.3 is 4.74 Å². The Bertz CT molecular complexity index is 392. The SMILES string of the molecule is CCc1cc(C(=O)C2CCCOC2)n(CC)n1. The van der Waals surface area contributed by atoms with E-state index in [4.69, 9.17) is 4.74 Å². The van der Waals surface area contributed by atoms with E-state index < -0.39 is 0 Å². The van der Waals surface area contributed by atoms with Crippen molar-refractivity contribution in [1.82, 2.24) is 9.78 Å². The Kier molecular flexibility index (Phi) is 3.94. The van der Waals surface area contributed by atoms with Crippen molar-refractivity contribution in [2.75, 3.05) is 13.2 Å². The molecule has 0 spiro atoms. The zero-order chi connectivity index (χ0) is 12.3. The molecular formula is C13H20N2O2. The van der Waals surface area contributed by atoms with Crippen molar-refractivity contribution in [3.8, 4) is 0 Å². The van der Waals surface area contributed by atoms with E-state index in [0.29, 0.717) is 6.61 Å². The van der Waals surface area contributed by atoms with Crippen molar-refractivity contribution in [2.24, 2.45) is 5.92 Å². The average molecular weight is 236 g/mol. The average Bonchev–Trinajstić information content (AvgIpc) is 2.82. The Morgan fingerprint density at radius 1 is 1.59 bits per heavy atom. The van der Waals surface area contributed by atoms with E-state index in [1.165, 1.54) is 0 Å². The van der Waals surface area contributed by atoms with Crippen LogP contribution in [-0.2, 0) is 17.7 Å². The van der Waals surface area contributed by atoms with Crippen LogP contribution in [0, 0.1) is 5.92 Å². The summed E-state index contributed by atoms with van der Waals surface area (Å²) >= 11 is 0. The van der Waals surface area contributed by atoms with Gasteiger partial charge in [-0.05, 0) is 32.3 Å². The highest BCUT2D eigenvalue weighted by atomic mass is 16.5. The van der Waals surface area contributed by atoms with Gasteiger partial charge in [-0.3, -0.25) is 9.48 Å². The second-order valence-electron chi connectivity index (χ2n) is 4.47. The topological polar surface area (TPSA) is 44.1 Å². The molecule has 4 heteroatoms. The molecule has 1 aromatic rings. The number of hydrogen-bond acceptors (Lipinski definition) is 3. The predicted octanol–water partition coefficient (Wildman–Crippen LogP) is 2.07. The number of aryl methyl sites for hydroxylation is 2. The van der Waals surface area contributed by atoms with Crippen LogP contribution in [-0.4, -0.2) is 28.8 Å². The minimum absolute atomic E-state index is 0.0236. The molecule has 1 aromatic heterocycles. The summed E-state index contributed by atoms with van der Waals surface area (Å²) in [6.07, 6.45) is 2.79. The number of aromatic nitrogens is 2. The highest BCUT2D eigenvalue weighted by Crippen LogP contribution is 2.19. The normalized spacial score (nSPS) is 20.5. The third-order valence-electron chi connectivity index (χ3n) is 3.28. The van der Waals surface area contributed by atoms with Gasteiger partial charge in [-0.2, -0.15) is 5.10 Å². The fraction of sp³-hybridized carbons (Fsp3) is 0.692. The van der Waals surface area contributed by atoms with Crippen molar-refractivity contribution < 1.29 is 9.53 Å². The summed E-state index contributed by atoms with van der Waals surface area (Å²) in [7, 11) is 0. The molecule has 0 aliphatic carbocycles. The van der Waals surface area contributed by atoms with Gasteiger partial charge in [0, 0.05) is 19.1 Å². The first-order valence-electron chi connectivity index (χ1n) is 6.45. The molecule has 1 unspecified atom stereocenters. The van der Waals surface area contributed by atoms with Gasteiger partial charge in [-0.1, -0.05) is 6.92 Å². The summed E-state index contributed by atoms with van der Waals surface area (Å²) in [6.45, 7) is 6.17. The molecule has 1 aliphatic rings. The van der Waals surface area contributed by atoms with Gasteiger partial charge in [0.05, 0.1) is 12.3 Å². The summed E-state index contributed by atoms with van der Waals surface area (Å²) in [6, 6.07) is 1.93. The van der Waals surface area contributed by atoms with E-state index >= 15 is 0 Å². The van der Waals surface area contributed by atoms with Crippen molar-refractivity contribution in [1.29, 1.82) is 0 Å². The minimum Gasteiger partial charge on any atom is -0.381 e. The predicted molar refractivity (Wildman–Crippen MR) is 65.2 cm³/mol. The van der Waals surface area contributed by atoms with Gasteiger partial charge in [-0.25, -0.2) is 0 Å². The lowest BCUT2D eigenvalue weighted by molar-refractivity contribution is 0.0454. The summed E-state index contributed by atoms with van der Waals surface area (Å²) in [5.74, 6) is 0.217. The van der Waals surface area contributed by atoms with E-state index in [-0.39, 0.29) is 11.7 Å². The lowest BCUT2D eigenvalue weighted by Gasteiger charge is -2.20. The number of rotatable bonds is 4. The second kappa shape index (κ2) is 5.45. The summed E-state index contributed by atoms with van der Waals surface area (Å²) in [4.78, 5) is 12.4. The zero-order valence-corrected chi connectivity index (χ0v) is 10.6. The Hall–Kier alpha value is -1.16. The van der Waals surface area contributed by atoms with Crippen LogP contribution in [0.5, 0.6) is 0 Å². The van der Waals surface area contributed by atoms with Crippen LogP contribution in [0.15, 0.2) is 6.07 Å². The largest absolute Gasteiger partial charge is 0.381 e. The number of carbonyl (C=O) groups excluding carboxylic acids is 1. The molecule has 1 fully saturated rings. The maximum Gasteiger partial charge on any atom is 0.186 e. The lowest BCUT2D eigenvalue weighted by atomic mass is 9.95. The minimum atomic E-state index is 0.0236. The maximum absolute atomic E-state index is 12.4. The first kappa shape index (κ1) is 12.3. The van der Waals surface area contributed by atoms with Crippen LogP contribution in [0.1, 0.15) is 42.9 Å². The Balaban J connectivity index is 2.19. The van der Waals surface area contributed by atoms with E-state index in [1.54, 1.807) is 0 Å². The summed E-state index contributed by atoms with van der Waals surface area (Å²) in [5, 5.41) is 4.42. The molecule has 0 bridgehead atoms. The van der Waals surface area contributed by atoms with E-state index in [0.717, 1.165) is 43.8 Å². The van der Waals surface area contributed by atoms with E-state index in [1.807, 2.05) is 17.7 Å². The summed E-state index contributed by atoms with van der Waals surface area (Å²) < 4.78 is 7.20. The molecule has 4 nitrogen and oxygen atoms in total. The van der Waals surface area contributed by atoms with Gasteiger partial charge >= 0.3 is 0 Å². The Morgan fingerprint density at radius 2 is 2.41 bits per heavy atom. The molecule has 0 aromatic carbocycles. The van der Waals surface area contributed by atoms with Gasteiger partial charge in [0.1, 0.15) is 5.69 Å². The van der Waals surface area contributed by atoms with Gasteiger partial charge in [0.15, 0.2) is 5.78 Å². The first-order valence-corrected chi connectivity index (χ1v) is 6.45. The maximum atomic E-state index is 12.4. The molecule has 2 heterocycles. The van der Waals surface area contributed by atoms with E-state index in [2.05, 4.69) is 12.0 Å². The molecule has 1 saturated heterocycles. The number of hydrogen-bond donors (Lipinski definition) is 0. The molecule has 94 valence electrons. The van der Waals surface area contributed by atoms with Crippen LogP contribution < -0.4 is 0 Å². The van der Waals surface area contributed by atoms with Gasteiger partial charge in [0.25, 0.3) is 0 Å². The highest BCUT2D eigenvalue weighted by molar-refractivity contribution is 5.96. The monoisotopic (exact) mass is 236 g/mol. The Labute approximate surface area is 102 Å².